The van der Waals surface area contributed by atoms with E-state index in [9.17, 15) is 9.59 Å². The van der Waals surface area contributed by atoms with Gasteiger partial charge in [0.25, 0.3) is 0 Å². The molecule has 0 aliphatic carbocycles. The molecule has 0 aliphatic heterocycles. The molecule has 5 nitrogen and oxygen atoms in total. The van der Waals surface area contributed by atoms with Gasteiger partial charge in [0, 0.05) is 0 Å². The van der Waals surface area contributed by atoms with E-state index in [-0.39, 0.29) is 5.97 Å². The number of likely N-dealkylation sites (N-methyl/N-ethyl adjacent to an activating group) is 1. The quantitative estimate of drug-likeness (QED) is 0.648. The van der Waals surface area contributed by atoms with E-state index < -0.39 is 17.4 Å². The first-order chi connectivity index (χ1) is 8.36. The molecule has 0 saturated heterocycles. The summed E-state index contributed by atoms with van der Waals surface area (Å²) in [5.74, 6) is -0.788. The van der Waals surface area contributed by atoms with Crippen LogP contribution in [0.2, 0.25) is 0 Å². The van der Waals surface area contributed by atoms with Gasteiger partial charge in [0.2, 0.25) is 0 Å². The molecule has 0 aromatic heterocycles. The van der Waals surface area contributed by atoms with Crippen molar-refractivity contribution in [3.63, 3.8) is 0 Å². The third kappa shape index (κ3) is 3.70. The average molecular weight is 259 g/mol. The highest BCUT2D eigenvalue weighted by atomic mass is 16.5. The Bertz CT molecular complexity index is 285. The molecule has 0 fully saturated rings. The SMILES string of the molecule is CCOC(=O)C(C)(C)C(C(=O)OC)N(CC)CC. The zero-order chi connectivity index (χ0) is 14.3. The fourth-order valence-electron chi connectivity index (χ4n) is 2.03. The molecule has 0 radical (unpaired) electrons. The van der Waals surface area contributed by atoms with Gasteiger partial charge in [-0.25, -0.2) is 0 Å². The van der Waals surface area contributed by atoms with Gasteiger partial charge in [-0.2, -0.15) is 0 Å². The van der Waals surface area contributed by atoms with Gasteiger partial charge < -0.3 is 9.47 Å². The molecular formula is C13H25NO4. The van der Waals surface area contributed by atoms with Crippen molar-refractivity contribution in [3.8, 4) is 0 Å². The molecule has 0 bridgehead atoms. The van der Waals surface area contributed by atoms with Crippen molar-refractivity contribution < 1.29 is 19.1 Å². The Hall–Kier alpha value is -1.10. The maximum Gasteiger partial charge on any atom is 0.324 e. The molecule has 0 heterocycles. The Labute approximate surface area is 109 Å². The van der Waals surface area contributed by atoms with Crippen LogP contribution < -0.4 is 0 Å². The number of rotatable bonds is 7. The molecule has 0 spiro atoms. The van der Waals surface area contributed by atoms with Gasteiger partial charge in [0.1, 0.15) is 6.04 Å². The maximum atomic E-state index is 12.0. The number of hydrogen-bond donors (Lipinski definition) is 0. The second kappa shape index (κ2) is 7.36. The van der Waals surface area contributed by atoms with Gasteiger partial charge in [-0.3, -0.25) is 14.5 Å². The molecule has 0 saturated carbocycles. The van der Waals surface area contributed by atoms with Crippen LogP contribution in [-0.2, 0) is 19.1 Å². The number of carbonyl (C=O) groups excluding carboxylic acids is 2. The lowest BCUT2D eigenvalue weighted by atomic mass is 9.83. The van der Waals surface area contributed by atoms with Crippen LogP contribution in [0.5, 0.6) is 0 Å². The van der Waals surface area contributed by atoms with Gasteiger partial charge in [0.05, 0.1) is 19.1 Å². The van der Waals surface area contributed by atoms with E-state index in [4.69, 9.17) is 9.47 Å². The third-order valence-electron chi connectivity index (χ3n) is 3.09. The maximum absolute atomic E-state index is 12.0. The van der Waals surface area contributed by atoms with Crippen LogP contribution >= 0.6 is 0 Å². The fraction of sp³-hybridized carbons (Fsp3) is 0.846. The Balaban J connectivity index is 5.28. The summed E-state index contributed by atoms with van der Waals surface area (Å²) in [6, 6.07) is -0.628. The Kier molecular flexibility index (Phi) is 6.91. The summed E-state index contributed by atoms with van der Waals surface area (Å²) in [5.41, 5.74) is -0.935. The third-order valence-corrected chi connectivity index (χ3v) is 3.09. The van der Waals surface area contributed by atoms with E-state index >= 15 is 0 Å². The molecule has 1 atom stereocenters. The first-order valence-corrected chi connectivity index (χ1v) is 6.35. The first-order valence-electron chi connectivity index (χ1n) is 6.35. The molecule has 0 rings (SSSR count). The number of hydrogen-bond acceptors (Lipinski definition) is 5. The molecule has 0 aliphatic rings. The largest absolute Gasteiger partial charge is 0.468 e. The Morgan fingerprint density at radius 3 is 2.00 bits per heavy atom. The topological polar surface area (TPSA) is 55.8 Å². The minimum absolute atomic E-state index is 0.300. The van der Waals surface area contributed by atoms with Crippen LogP contribution in [0.25, 0.3) is 0 Å². The van der Waals surface area contributed by atoms with Crippen molar-refractivity contribution >= 4 is 11.9 Å². The molecule has 0 aromatic carbocycles. The normalized spacial score (nSPS) is 13.3. The molecule has 106 valence electrons. The van der Waals surface area contributed by atoms with Crippen molar-refractivity contribution in [1.29, 1.82) is 0 Å². The van der Waals surface area contributed by atoms with Gasteiger partial charge in [-0.1, -0.05) is 13.8 Å². The number of nitrogens with zero attached hydrogens (tertiary/aromatic N) is 1. The van der Waals surface area contributed by atoms with Crippen molar-refractivity contribution in [2.75, 3.05) is 26.8 Å². The molecule has 0 amide bonds. The fourth-order valence-corrected chi connectivity index (χ4v) is 2.03. The summed E-state index contributed by atoms with van der Waals surface area (Å²) in [4.78, 5) is 25.9. The second-order valence-corrected chi connectivity index (χ2v) is 4.59. The molecule has 1 unspecified atom stereocenters. The smallest absolute Gasteiger partial charge is 0.324 e. The van der Waals surface area contributed by atoms with Gasteiger partial charge in [0.15, 0.2) is 0 Å². The highest BCUT2D eigenvalue weighted by molar-refractivity contribution is 5.87. The summed E-state index contributed by atoms with van der Waals surface area (Å²) in [5, 5.41) is 0. The predicted octanol–water partition coefficient (Wildman–Crippen LogP) is 1.46. The lowest BCUT2D eigenvalue weighted by molar-refractivity contribution is -0.167. The van der Waals surface area contributed by atoms with Gasteiger partial charge in [-0.05, 0) is 33.9 Å². The van der Waals surface area contributed by atoms with Crippen LogP contribution in [-0.4, -0.2) is 49.7 Å². The number of carbonyl (C=O) groups is 2. The zero-order valence-corrected chi connectivity index (χ0v) is 12.3. The van der Waals surface area contributed by atoms with E-state index in [2.05, 4.69) is 0 Å². The van der Waals surface area contributed by atoms with Crippen LogP contribution in [0.15, 0.2) is 0 Å². The standard InChI is InChI=1S/C13H25NO4/c1-7-14(8-2)10(11(15)17-6)13(4,5)12(16)18-9-3/h10H,7-9H2,1-6H3. The van der Waals surface area contributed by atoms with Crippen LogP contribution in [0.3, 0.4) is 0 Å². The second-order valence-electron chi connectivity index (χ2n) is 4.59. The summed E-state index contributed by atoms with van der Waals surface area (Å²) in [6.07, 6.45) is 0. The highest BCUT2D eigenvalue weighted by Crippen LogP contribution is 2.28. The van der Waals surface area contributed by atoms with Crippen molar-refractivity contribution in [1.82, 2.24) is 4.90 Å². The Morgan fingerprint density at radius 2 is 1.67 bits per heavy atom. The summed E-state index contributed by atoms with van der Waals surface area (Å²) in [7, 11) is 1.33. The highest BCUT2D eigenvalue weighted by Gasteiger charge is 2.46. The Morgan fingerprint density at radius 1 is 1.17 bits per heavy atom. The minimum Gasteiger partial charge on any atom is -0.468 e. The predicted molar refractivity (Wildman–Crippen MR) is 69.1 cm³/mol. The van der Waals surface area contributed by atoms with Crippen molar-refractivity contribution in [3.05, 3.63) is 0 Å². The number of esters is 2. The van der Waals surface area contributed by atoms with Crippen LogP contribution in [0, 0.1) is 5.41 Å². The van der Waals surface area contributed by atoms with Crippen LogP contribution in [0.4, 0.5) is 0 Å². The average Bonchev–Trinajstić information content (AvgIpc) is 2.34. The molecular weight excluding hydrogens is 234 g/mol. The molecule has 0 N–H and O–H groups in total. The number of methoxy groups -OCH3 is 1. The summed E-state index contributed by atoms with van der Waals surface area (Å²) in [6.45, 7) is 10.7. The lowest BCUT2D eigenvalue weighted by Gasteiger charge is -2.37. The summed E-state index contributed by atoms with van der Waals surface area (Å²) < 4.78 is 9.87. The van der Waals surface area contributed by atoms with Gasteiger partial charge >= 0.3 is 11.9 Å². The van der Waals surface area contributed by atoms with E-state index in [1.165, 1.54) is 7.11 Å². The lowest BCUT2D eigenvalue weighted by Crippen LogP contribution is -2.54. The molecule has 18 heavy (non-hydrogen) atoms. The monoisotopic (exact) mass is 259 g/mol. The van der Waals surface area contributed by atoms with Crippen molar-refractivity contribution in [2.24, 2.45) is 5.41 Å². The minimum atomic E-state index is -0.935. The zero-order valence-electron chi connectivity index (χ0n) is 12.3. The molecule has 0 aromatic rings. The van der Waals surface area contributed by atoms with E-state index in [0.29, 0.717) is 19.7 Å². The van der Waals surface area contributed by atoms with Crippen molar-refractivity contribution in [2.45, 2.75) is 40.7 Å². The van der Waals surface area contributed by atoms with E-state index in [0.717, 1.165) is 0 Å². The van der Waals surface area contributed by atoms with E-state index in [1.54, 1.807) is 20.8 Å². The number of ether oxygens (including phenoxy) is 2. The molecule has 5 heteroatoms. The first kappa shape index (κ1) is 16.9. The van der Waals surface area contributed by atoms with Crippen LogP contribution in [0.1, 0.15) is 34.6 Å². The van der Waals surface area contributed by atoms with Gasteiger partial charge in [-0.15, -0.1) is 0 Å². The van der Waals surface area contributed by atoms with E-state index in [1.807, 2.05) is 18.7 Å². The summed E-state index contributed by atoms with van der Waals surface area (Å²) >= 11 is 0.